The Bertz CT molecular complexity index is 1000. The monoisotopic (exact) mass is 487 g/mol. The molecule has 1 fully saturated rings. The zero-order valence-corrected chi connectivity index (χ0v) is 18.7. The number of aromatic nitrogens is 1. The largest absolute Gasteiger partial charge is 0.488 e. The molecule has 0 aliphatic carbocycles. The molecule has 156 valence electrons. The molecule has 0 unspecified atom stereocenters. The molecule has 3 aromatic rings. The number of anilines is 1. The van der Waals surface area contributed by atoms with E-state index in [1.807, 2.05) is 41.8 Å². The smallest absolute Gasteiger partial charge is 0.261 e. The average molecular weight is 488 g/mol. The van der Waals surface area contributed by atoms with Gasteiger partial charge in [-0.1, -0.05) is 46.3 Å². The van der Waals surface area contributed by atoms with Crippen molar-refractivity contribution in [3.8, 4) is 5.75 Å². The molecule has 0 spiro atoms. The van der Waals surface area contributed by atoms with Crippen LogP contribution in [-0.2, 0) is 17.9 Å². The molecule has 2 heterocycles. The molecule has 1 aliphatic rings. The summed E-state index contributed by atoms with van der Waals surface area (Å²) in [6.07, 6.45) is 0. The highest BCUT2D eigenvalue weighted by Gasteiger charge is 2.16. The van der Waals surface area contributed by atoms with Gasteiger partial charge in [-0.15, -0.1) is 11.3 Å². The van der Waals surface area contributed by atoms with Crippen molar-refractivity contribution in [2.75, 3.05) is 31.6 Å². The van der Waals surface area contributed by atoms with Crippen LogP contribution in [0, 0.1) is 0 Å². The first-order valence-corrected chi connectivity index (χ1v) is 11.4. The summed E-state index contributed by atoms with van der Waals surface area (Å²) in [7, 11) is 0. The van der Waals surface area contributed by atoms with Crippen molar-refractivity contribution in [2.24, 2.45) is 0 Å². The van der Waals surface area contributed by atoms with Crippen molar-refractivity contribution < 1.29 is 14.3 Å². The van der Waals surface area contributed by atoms with E-state index >= 15 is 0 Å². The number of thiazole rings is 1. The van der Waals surface area contributed by atoms with Crippen LogP contribution in [0.4, 0.5) is 5.13 Å². The summed E-state index contributed by atoms with van der Waals surface area (Å²) in [6.45, 7) is 4.45. The van der Waals surface area contributed by atoms with Crippen molar-refractivity contribution in [1.82, 2.24) is 9.88 Å². The number of carbonyl (C=O) groups excluding carboxylic acids is 1. The van der Waals surface area contributed by atoms with Crippen molar-refractivity contribution >= 4 is 38.3 Å². The lowest BCUT2D eigenvalue weighted by atomic mass is 10.2. The molecule has 4 rings (SSSR count). The Balaban J connectivity index is 1.39. The van der Waals surface area contributed by atoms with E-state index in [1.165, 1.54) is 11.3 Å². The fraction of sp³-hybridized carbons (Fsp3) is 0.273. The number of hydrogen-bond donors (Lipinski definition) is 1. The van der Waals surface area contributed by atoms with Crippen LogP contribution < -0.4 is 10.1 Å². The Morgan fingerprint density at radius 1 is 1.17 bits per heavy atom. The summed E-state index contributed by atoms with van der Waals surface area (Å²) < 4.78 is 12.3. The fourth-order valence-corrected chi connectivity index (χ4v) is 4.24. The molecule has 2 aromatic carbocycles. The SMILES string of the molecule is O=C(Nc1nc(CN2CCOCC2)cs1)c1ccccc1OCc1ccccc1Br. The highest BCUT2D eigenvalue weighted by molar-refractivity contribution is 9.10. The summed E-state index contributed by atoms with van der Waals surface area (Å²) in [4.78, 5) is 19.7. The number of hydrogen-bond acceptors (Lipinski definition) is 6. The van der Waals surface area contributed by atoms with Crippen molar-refractivity contribution in [2.45, 2.75) is 13.2 Å². The first kappa shape index (κ1) is 21.0. The lowest BCUT2D eigenvalue weighted by molar-refractivity contribution is 0.0337. The second-order valence-electron chi connectivity index (χ2n) is 6.86. The summed E-state index contributed by atoms with van der Waals surface area (Å²) >= 11 is 4.95. The van der Waals surface area contributed by atoms with Gasteiger partial charge in [-0.3, -0.25) is 15.0 Å². The Kier molecular flexibility index (Phi) is 7.11. The highest BCUT2D eigenvalue weighted by atomic mass is 79.9. The molecule has 0 saturated carbocycles. The van der Waals surface area contributed by atoms with Gasteiger partial charge < -0.3 is 9.47 Å². The van der Waals surface area contributed by atoms with Crippen LogP contribution in [-0.4, -0.2) is 42.1 Å². The van der Waals surface area contributed by atoms with E-state index in [2.05, 4.69) is 31.1 Å². The van der Waals surface area contributed by atoms with E-state index in [1.54, 1.807) is 12.1 Å². The quantitative estimate of drug-likeness (QED) is 0.528. The molecule has 0 atom stereocenters. The first-order valence-electron chi connectivity index (χ1n) is 9.70. The van der Waals surface area contributed by atoms with Gasteiger partial charge in [0.05, 0.1) is 24.5 Å². The summed E-state index contributed by atoms with van der Waals surface area (Å²) in [5.41, 5.74) is 2.45. The minimum Gasteiger partial charge on any atom is -0.488 e. The third-order valence-electron chi connectivity index (χ3n) is 4.73. The minimum absolute atomic E-state index is 0.231. The van der Waals surface area contributed by atoms with Gasteiger partial charge in [0.25, 0.3) is 5.91 Å². The van der Waals surface area contributed by atoms with Gasteiger partial charge in [0, 0.05) is 35.1 Å². The molecular formula is C22H22BrN3O3S. The molecule has 8 heteroatoms. The second-order valence-corrected chi connectivity index (χ2v) is 8.58. The maximum atomic E-state index is 12.9. The normalized spacial score (nSPS) is 14.4. The lowest BCUT2D eigenvalue weighted by Crippen LogP contribution is -2.35. The van der Waals surface area contributed by atoms with Gasteiger partial charge in [0.2, 0.25) is 0 Å². The van der Waals surface area contributed by atoms with E-state index in [4.69, 9.17) is 9.47 Å². The molecule has 0 bridgehead atoms. The van der Waals surface area contributed by atoms with Gasteiger partial charge in [-0.25, -0.2) is 4.98 Å². The number of amides is 1. The van der Waals surface area contributed by atoms with Crippen LogP contribution >= 0.6 is 27.3 Å². The van der Waals surface area contributed by atoms with E-state index in [-0.39, 0.29) is 5.91 Å². The molecule has 1 saturated heterocycles. The summed E-state index contributed by atoms with van der Waals surface area (Å²) in [5.74, 6) is 0.306. The van der Waals surface area contributed by atoms with Gasteiger partial charge >= 0.3 is 0 Å². The van der Waals surface area contributed by atoms with E-state index in [0.717, 1.165) is 48.6 Å². The van der Waals surface area contributed by atoms with E-state index < -0.39 is 0 Å². The van der Waals surface area contributed by atoms with Crippen LogP contribution in [0.2, 0.25) is 0 Å². The molecule has 30 heavy (non-hydrogen) atoms. The predicted octanol–water partition coefficient (Wildman–Crippen LogP) is 4.57. The van der Waals surface area contributed by atoms with Crippen molar-refractivity contribution in [1.29, 1.82) is 0 Å². The van der Waals surface area contributed by atoms with Crippen LogP contribution in [0.3, 0.4) is 0 Å². The maximum Gasteiger partial charge on any atom is 0.261 e. The lowest BCUT2D eigenvalue weighted by Gasteiger charge is -2.25. The molecule has 6 nitrogen and oxygen atoms in total. The highest BCUT2D eigenvalue weighted by Crippen LogP contribution is 2.24. The third-order valence-corrected chi connectivity index (χ3v) is 6.31. The number of nitrogens with one attached hydrogen (secondary N) is 1. The van der Waals surface area contributed by atoms with Gasteiger partial charge in [-0.05, 0) is 18.2 Å². The first-order chi connectivity index (χ1) is 14.7. The summed E-state index contributed by atoms with van der Waals surface area (Å²) in [6, 6.07) is 15.1. The van der Waals surface area contributed by atoms with Crippen molar-refractivity contribution in [3.63, 3.8) is 0 Å². The number of para-hydroxylation sites is 1. The maximum absolute atomic E-state index is 12.9. The van der Waals surface area contributed by atoms with E-state index in [9.17, 15) is 4.79 Å². The van der Waals surface area contributed by atoms with Gasteiger partial charge in [0.1, 0.15) is 12.4 Å². The van der Waals surface area contributed by atoms with Crippen LogP contribution in [0.5, 0.6) is 5.75 Å². The zero-order valence-electron chi connectivity index (χ0n) is 16.3. The number of ether oxygens (including phenoxy) is 2. The fourth-order valence-electron chi connectivity index (χ4n) is 3.14. The standard InChI is InChI=1S/C22H22BrN3O3S/c23-19-7-3-1-5-16(19)14-29-20-8-4-2-6-18(20)21(27)25-22-24-17(15-30-22)13-26-9-11-28-12-10-26/h1-8,15H,9-14H2,(H,24,25,27). The van der Waals surface area contributed by atoms with Crippen LogP contribution in [0.1, 0.15) is 21.6 Å². The number of benzene rings is 2. The molecule has 1 aliphatic heterocycles. The number of carbonyl (C=O) groups is 1. The predicted molar refractivity (Wildman–Crippen MR) is 121 cm³/mol. The van der Waals surface area contributed by atoms with Gasteiger partial charge in [-0.2, -0.15) is 0 Å². The third kappa shape index (κ3) is 5.46. The topological polar surface area (TPSA) is 63.7 Å². The molecule has 0 radical (unpaired) electrons. The second kappa shape index (κ2) is 10.2. The Morgan fingerprint density at radius 2 is 1.93 bits per heavy atom. The zero-order chi connectivity index (χ0) is 20.8. The molecule has 1 amide bonds. The number of morpholine rings is 1. The van der Waals surface area contributed by atoms with Crippen LogP contribution in [0.25, 0.3) is 0 Å². The minimum atomic E-state index is -0.231. The van der Waals surface area contributed by atoms with Crippen LogP contribution in [0.15, 0.2) is 58.4 Å². The Labute approximate surface area is 188 Å². The molecular weight excluding hydrogens is 466 g/mol. The van der Waals surface area contributed by atoms with Crippen molar-refractivity contribution in [3.05, 3.63) is 75.2 Å². The van der Waals surface area contributed by atoms with E-state index in [0.29, 0.717) is 23.1 Å². The summed E-state index contributed by atoms with van der Waals surface area (Å²) in [5, 5.41) is 5.48. The molecule has 1 aromatic heterocycles. The number of rotatable bonds is 7. The molecule has 1 N–H and O–H groups in total. The van der Waals surface area contributed by atoms with Gasteiger partial charge in [0.15, 0.2) is 5.13 Å². The average Bonchev–Trinajstić information content (AvgIpc) is 3.20. The Hall–Kier alpha value is -2.26. The number of halogens is 1. The Morgan fingerprint density at radius 3 is 2.77 bits per heavy atom. The number of nitrogens with zero attached hydrogens (tertiary/aromatic N) is 2.